The third kappa shape index (κ3) is 4.37. The molecule has 128 valence electrons. The summed E-state index contributed by atoms with van der Waals surface area (Å²) in [5, 5.41) is 0. The third-order valence-corrected chi connectivity index (χ3v) is 3.04. The minimum Gasteiger partial charge on any atom is -0.484 e. The van der Waals surface area contributed by atoms with Gasteiger partial charge in [-0.15, -0.1) is 6.58 Å². The zero-order chi connectivity index (χ0) is 17.7. The number of ether oxygens (including phenoxy) is 1. The molecule has 0 spiro atoms. The van der Waals surface area contributed by atoms with Crippen LogP contribution in [0.3, 0.4) is 0 Å². The Balaban J connectivity index is 2.01. The molecule has 0 N–H and O–H groups in total. The van der Waals surface area contributed by atoms with E-state index in [1.54, 1.807) is 13.1 Å². The second-order valence-corrected chi connectivity index (χ2v) is 4.92. The molecule has 1 heterocycles. The number of carbonyl (C=O) groups excluding carboxylic acids is 1. The number of halogens is 3. The number of hydrogen-bond acceptors (Lipinski definition) is 4. The van der Waals surface area contributed by atoms with Crippen LogP contribution in [0, 0.1) is 0 Å². The number of rotatable bonds is 6. The van der Waals surface area contributed by atoms with Gasteiger partial charge in [-0.25, -0.2) is 4.98 Å². The largest absolute Gasteiger partial charge is 0.484 e. The van der Waals surface area contributed by atoms with Crippen molar-refractivity contribution in [1.29, 1.82) is 0 Å². The number of carbonyl (C=O) groups is 1. The van der Waals surface area contributed by atoms with Gasteiger partial charge in [-0.3, -0.25) is 4.79 Å². The first-order valence-electron chi connectivity index (χ1n) is 6.92. The predicted octanol–water partition coefficient (Wildman–Crippen LogP) is 3.53. The summed E-state index contributed by atoms with van der Waals surface area (Å²) in [6, 6.07) is 4.46. The van der Waals surface area contributed by atoms with E-state index in [1.165, 1.54) is 23.3 Å². The van der Waals surface area contributed by atoms with Gasteiger partial charge in [0, 0.05) is 13.6 Å². The number of alkyl halides is 3. The fourth-order valence-corrected chi connectivity index (χ4v) is 1.85. The van der Waals surface area contributed by atoms with Crippen molar-refractivity contribution < 1.29 is 27.1 Å². The van der Waals surface area contributed by atoms with Crippen molar-refractivity contribution >= 4 is 5.91 Å². The summed E-state index contributed by atoms with van der Waals surface area (Å²) in [6.45, 7) is 3.69. The van der Waals surface area contributed by atoms with Gasteiger partial charge >= 0.3 is 6.18 Å². The summed E-state index contributed by atoms with van der Waals surface area (Å²) in [4.78, 5) is 17.3. The van der Waals surface area contributed by atoms with E-state index in [0.717, 1.165) is 12.1 Å². The van der Waals surface area contributed by atoms with Crippen LogP contribution in [0.25, 0.3) is 0 Å². The highest BCUT2D eigenvalue weighted by Crippen LogP contribution is 2.31. The Morgan fingerprint density at radius 2 is 2.21 bits per heavy atom. The predicted molar refractivity (Wildman–Crippen MR) is 79.4 cm³/mol. The van der Waals surface area contributed by atoms with Crippen LogP contribution in [-0.2, 0) is 12.8 Å². The third-order valence-electron chi connectivity index (χ3n) is 3.04. The van der Waals surface area contributed by atoms with Crippen molar-refractivity contribution in [3.63, 3.8) is 0 Å². The molecule has 1 amide bonds. The maximum atomic E-state index is 12.6. The molecule has 0 saturated carbocycles. The summed E-state index contributed by atoms with van der Waals surface area (Å²) < 4.78 is 48.2. The van der Waals surface area contributed by atoms with E-state index < -0.39 is 11.7 Å². The molecular weight excluding hydrogens is 325 g/mol. The number of likely N-dealkylation sites (N-methyl/N-ethyl adjacent to an activating group) is 1. The van der Waals surface area contributed by atoms with Gasteiger partial charge in [0.15, 0.2) is 12.3 Å². The van der Waals surface area contributed by atoms with Gasteiger partial charge in [0.1, 0.15) is 12.0 Å². The molecule has 0 saturated heterocycles. The van der Waals surface area contributed by atoms with Crippen LogP contribution in [0.4, 0.5) is 13.2 Å². The second kappa shape index (κ2) is 7.20. The quantitative estimate of drug-likeness (QED) is 0.755. The Morgan fingerprint density at radius 1 is 1.46 bits per heavy atom. The molecule has 0 aliphatic rings. The molecule has 0 atom stereocenters. The van der Waals surface area contributed by atoms with Gasteiger partial charge in [0.05, 0.1) is 5.56 Å². The van der Waals surface area contributed by atoms with Crippen molar-refractivity contribution in [2.45, 2.75) is 12.8 Å². The number of amides is 1. The molecule has 0 radical (unpaired) electrons. The summed E-state index contributed by atoms with van der Waals surface area (Å²) in [5.74, 6) is -0.244. The van der Waals surface area contributed by atoms with Gasteiger partial charge in [0.2, 0.25) is 5.89 Å². The number of oxazole rings is 1. The van der Waals surface area contributed by atoms with Gasteiger partial charge in [-0.1, -0.05) is 12.1 Å². The SMILES string of the molecule is C=CCN(C)C(=O)c1coc(COc2cccc(C(F)(F)F)c2)n1. The molecule has 24 heavy (non-hydrogen) atoms. The Kier molecular flexibility index (Phi) is 5.28. The van der Waals surface area contributed by atoms with Crippen LogP contribution in [0.1, 0.15) is 21.9 Å². The maximum Gasteiger partial charge on any atom is 0.416 e. The van der Waals surface area contributed by atoms with Gasteiger partial charge in [-0.2, -0.15) is 13.2 Å². The van der Waals surface area contributed by atoms with E-state index in [2.05, 4.69) is 11.6 Å². The molecular formula is C16H15F3N2O3. The standard InChI is InChI=1S/C16H15F3N2O3/c1-3-7-21(2)15(22)13-9-24-14(20-13)10-23-12-6-4-5-11(8-12)16(17,18)19/h3-6,8-9H,1,7,10H2,2H3. The number of aromatic nitrogens is 1. The molecule has 0 bridgehead atoms. The molecule has 2 rings (SSSR count). The summed E-state index contributed by atoms with van der Waals surface area (Å²) in [5.41, 5.74) is -0.726. The molecule has 8 heteroatoms. The van der Waals surface area contributed by atoms with Crippen LogP contribution in [-0.4, -0.2) is 29.4 Å². The summed E-state index contributed by atoms with van der Waals surface area (Å²) >= 11 is 0. The highest BCUT2D eigenvalue weighted by Gasteiger charge is 2.30. The second-order valence-electron chi connectivity index (χ2n) is 4.92. The number of nitrogens with zero attached hydrogens (tertiary/aromatic N) is 2. The Bertz CT molecular complexity index is 725. The smallest absolute Gasteiger partial charge is 0.416 e. The lowest BCUT2D eigenvalue weighted by molar-refractivity contribution is -0.137. The molecule has 2 aromatic rings. The van der Waals surface area contributed by atoms with E-state index in [4.69, 9.17) is 9.15 Å². The van der Waals surface area contributed by atoms with Crippen LogP contribution in [0.5, 0.6) is 5.75 Å². The lowest BCUT2D eigenvalue weighted by Crippen LogP contribution is -2.26. The van der Waals surface area contributed by atoms with Gasteiger partial charge in [0.25, 0.3) is 5.91 Å². The highest BCUT2D eigenvalue weighted by molar-refractivity contribution is 5.91. The summed E-state index contributed by atoms with van der Waals surface area (Å²) in [7, 11) is 1.58. The molecule has 0 aliphatic heterocycles. The first-order chi connectivity index (χ1) is 11.3. The van der Waals surface area contributed by atoms with Gasteiger partial charge < -0.3 is 14.1 Å². The fourth-order valence-electron chi connectivity index (χ4n) is 1.85. The Morgan fingerprint density at radius 3 is 2.88 bits per heavy atom. The topological polar surface area (TPSA) is 55.6 Å². The molecule has 1 aromatic heterocycles. The lowest BCUT2D eigenvalue weighted by atomic mass is 10.2. The van der Waals surface area contributed by atoms with Crippen molar-refractivity contribution in [2.75, 3.05) is 13.6 Å². The minimum atomic E-state index is -4.45. The van der Waals surface area contributed by atoms with Crippen molar-refractivity contribution in [2.24, 2.45) is 0 Å². The van der Waals surface area contributed by atoms with E-state index in [9.17, 15) is 18.0 Å². The molecule has 0 fully saturated rings. The Hall–Kier alpha value is -2.77. The van der Waals surface area contributed by atoms with Crippen molar-refractivity contribution in [3.05, 3.63) is 60.3 Å². The molecule has 5 nitrogen and oxygen atoms in total. The zero-order valence-electron chi connectivity index (χ0n) is 12.8. The van der Waals surface area contributed by atoms with Gasteiger partial charge in [-0.05, 0) is 18.2 Å². The molecule has 1 aromatic carbocycles. The van der Waals surface area contributed by atoms with Crippen LogP contribution < -0.4 is 4.74 Å². The molecule has 0 aliphatic carbocycles. The van der Waals surface area contributed by atoms with E-state index >= 15 is 0 Å². The zero-order valence-corrected chi connectivity index (χ0v) is 12.8. The summed E-state index contributed by atoms with van der Waals surface area (Å²) in [6.07, 6.45) is -1.71. The van der Waals surface area contributed by atoms with Crippen LogP contribution in [0.2, 0.25) is 0 Å². The lowest BCUT2D eigenvalue weighted by Gasteiger charge is -2.12. The maximum absolute atomic E-state index is 12.6. The van der Waals surface area contributed by atoms with E-state index in [1.807, 2.05) is 0 Å². The number of benzene rings is 1. The highest BCUT2D eigenvalue weighted by atomic mass is 19.4. The average Bonchev–Trinajstić information content (AvgIpc) is 3.01. The Labute approximate surface area is 136 Å². The first kappa shape index (κ1) is 17.6. The van der Waals surface area contributed by atoms with E-state index in [0.29, 0.717) is 6.54 Å². The normalized spacial score (nSPS) is 11.2. The van der Waals surface area contributed by atoms with E-state index in [-0.39, 0.29) is 29.8 Å². The average molecular weight is 340 g/mol. The monoisotopic (exact) mass is 340 g/mol. The fraction of sp³-hybridized carbons (Fsp3) is 0.250. The van der Waals surface area contributed by atoms with Crippen molar-refractivity contribution in [3.8, 4) is 5.75 Å². The molecule has 0 unspecified atom stereocenters. The van der Waals surface area contributed by atoms with Crippen LogP contribution in [0.15, 0.2) is 47.6 Å². The minimum absolute atomic E-state index is 0.0275. The number of hydrogen-bond donors (Lipinski definition) is 0. The first-order valence-corrected chi connectivity index (χ1v) is 6.92. The van der Waals surface area contributed by atoms with Crippen LogP contribution >= 0.6 is 0 Å². The van der Waals surface area contributed by atoms with Crippen molar-refractivity contribution in [1.82, 2.24) is 9.88 Å².